The van der Waals surface area contributed by atoms with Gasteiger partial charge >= 0.3 is 6.03 Å². The van der Waals surface area contributed by atoms with E-state index < -0.39 is 0 Å². The molecule has 0 bridgehead atoms. The number of hydrogen-bond acceptors (Lipinski definition) is 3. The van der Waals surface area contributed by atoms with Crippen LogP contribution in [0.25, 0.3) is 10.2 Å². The molecule has 2 amide bonds. The number of fused-ring (bicyclic) bond motifs is 1. The van der Waals surface area contributed by atoms with E-state index in [9.17, 15) is 4.79 Å². The molecule has 5 heteroatoms. The standard InChI is InChI=1S/C17H17N3OS/c1-11-7-3-4-8-13(11)12(2)18-16(21)20-17-19-14-9-5-6-10-15(14)22-17/h3-10,12H,1-2H3,(H2,18,19,20,21)/t12-/m0/s1. The Bertz CT molecular complexity index is 779. The Morgan fingerprint density at radius 1 is 1.14 bits per heavy atom. The van der Waals surface area contributed by atoms with Crippen molar-refractivity contribution in [3.05, 3.63) is 59.7 Å². The number of aromatic nitrogens is 1. The summed E-state index contributed by atoms with van der Waals surface area (Å²) in [6.45, 7) is 4.01. The molecule has 0 aliphatic heterocycles. The summed E-state index contributed by atoms with van der Waals surface area (Å²) in [5.74, 6) is 0. The monoisotopic (exact) mass is 311 g/mol. The Balaban J connectivity index is 1.68. The minimum Gasteiger partial charge on any atom is -0.331 e. The van der Waals surface area contributed by atoms with Gasteiger partial charge in [-0.15, -0.1) is 0 Å². The lowest BCUT2D eigenvalue weighted by molar-refractivity contribution is 0.249. The second-order valence-electron chi connectivity index (χ2n) is 5.16. The first kappa shape index (κ1) is 14.5. The molecule has 0 aliphatic rings. The van der Waals surface area contributed by atoms with Gasteiger partial charge in [-0.05, 0) is 37.1 Å². The minimum absolute atomic E-state index is 0.0596. The molecule has 2 aromatic carbocycles. The Morgan fingerprint density at radius 2 is 1.86 bits per heavy atom. The molecule has 0 aliphatic carbocycles. The summed E-state index contributed by atoms with van der Waals surface area (Å²) in [6.07, 6.45) is 0. The number of carbonyl (C=O) groups is 1. The van der Waals surface area contributed by atoms with Gasteiger partial charge in [-0.1, -0.05) is 47.7 Å². The van der Waals surface area contributed by atoms with Crippen molar-refractivity contribution < 1.29 is 4.79 Å². The van der Waals surface area contributed by atoms with Crippen LogP contribution in [0.2, 0.25) is 0 Å². The van der Waals surface area contributed by atoms with E-state index in [1.807, 2.05) is 62.4 Å². The van der Waals surface area contributed by atoms with E-state index in [2.05, 4.69) is 15.6 Å². The van der Waals surface area contributed by atoms with Crippen LogP contribution in [-0.4, -0.2) is 11.0 Å². The number of amides is 2. The smallest absolute Gasteiger partial charge is 0.321 e. The zero-order valence-electron chi connectivity index (χ0n) is 12.5. The fraction of sp³-hybridized carbons (Fsp3) is 0.176. The van der Waals surface area contributed by atoms with E-state index in [0.29, 0.717) is 5.13 Å². The third kappa shape index (κ3) is 3.09. The van der Waals surface area contributed by atoms with E-state index in [0.717, 1.165) is 21.3 Å². The zero-order chi connectivity index (χ0) is 15.5. The number of carbonyl (C=O) groups excluding carboxylic acids is 1. The molecule has 22 heavy (non-hydrogen) atoms. The highest BCUT2D eigenvalue weighted by molar-refractivity contribution is 7.22. The van der Waals surface area contributed by atoms with Crippen molar-refractivity contribution in [2.45, 2.75) is 19.9 Å². The lowest BCUT2D eigenvalue weighted by atomic mass is 10.0. The number of thiazole rings is 1. The zero-order valence-corrected chi connectivity index (χ0v) is 13.3. The van der Waals surface area contributed by atoms with Gasteiger partial charge < -0.3 is 5.32 Å². The molecule has 0 unspecified atom stereocenters. The quantitative estimate of drug-likeness (QED) is 0.749. The number of nitrogens with zero attached hydrogens (tertiary/aromatic N) is 1. The maximum absolute atomic E-state index is 12.1. The number of benzene rings is 2. The Hall–Kier alpha value is -2.40. The first-order chi connectivity index (χ1) is 10.6. The average molecular weight is 311 g/mol. The van der Waals surface area contributed by atoms with Crippen molar-refractivity contribution in [1.29, 1.82) is 0 Å². The molecule has 1 aromatic heterocycles. The van der Waals surface area contributed by atoms with Gasteiger partial charge in [0.15, 0.2) is 5.13 Å². The van der Waals surface area contributed by atoms with Crippen LogP contribution >= 0.6 is 11.3 Å². The summed E-state index contributed by atoms with van der Waals surface area (Å²) in [7, 11) is 0. The van der Waals surface area contributed by atoms with Crippen LogP contribution in [-0.2, 0) is 0 Å². The average Bonchev–Trinajstić information content (AvgIpc) is 2.89. The molecule has 4 nitrogen and oxygen atoms in total. The van der Waals surface area contributed by atoms with Gasteiger partial charge in [-0.3, -0.25) is 5.32 Å². The predicted octanol–water partition coefficient (Wildman–Crippen LogP) is 4.49. The SMILES string of the molecule is Cc1ccccc1[C@H](C)NC(=O)Nc1nc2ccccc2s1. The highest BCUT2D eigenvalue weighted by Gasteiger charge is 2.12. The van der Waals surface area contributed by atoms with Crippen molar-refractivity contribution in [2.24, 2.45) is 0 Å². The Kier molecular flexibility index (Phi) is 4.06. The largest absolute Gasteiger partial charge is 0.331 e. The number of hydrogen-bond donors (Lipinski definition) is 2. The van der Waals surface area contributed by atoms with E-state index >= 15 is 0 Å². The molecule has 0 fully saturated rings. The minimum atomic E-state index is -0.241. The Labute approximate surface area is 133 Å². The van der Waals surface area contributed by atoms with Gasteiger partial charge in [-0.2, -0.15) is 0 Å². The molecular weight excluding hydrogens is 294 g/mol. The third-order valence-electron chi connectivity index (χ3n) is 3.52. The second-order valence-corrected chi connectivity index (χ2v) is 6.19. The number of anilines is 1. The van der Waals surface area contributed by atoms with Crippen molar-refractivity contribution in [2.75, 3.05) is 5.32 Å². The van der Waals surface area contributed by atoms with Crippen LogP contribution in [0.3, 0.4) is 0 Å². The fourth-order valence-corrected chi connectivity index (χ4v) is 3.27. The highest BCUT2D eigenvalue weighted by Crippen LogP contribution is 2.25. The number of rotatable bonds is 3. The van der Waals surface area contributed by atoms with Crippen molar-refractivity contribution in [3.63, 3.8) is 0 Å². The maximum Gasteiger partial charge on any atom is 0.321 e. The van der Waals surface area contributed by atoms with E-state index in [4.69, 9.17) is 0 Å². The normalized spacial score (nSPS) is 12.1. The van der Waals surface area contributed by atoms with E-state index in [1.165, 1.54) is 11.3 Å². The molecule has 0 saturated heterocycles. The molecule has 3 aromatic rings. The second kappa shape index (κ2) is 6.15. The molecule has 112 valence electrons. The number of urea groups is 1. The van der Waals surface area contributed by atoms with Crippen LogP contribution < -0.4 is 10.6 Å². The molecule has 0 radical (unpaired) electrons. The van der Waals surface area contributed by atoms with Crippen LogP contribution in [0.5, 0.6) is 0 Å². The Morgan fingerprint density at radius 3 is 2.64 bits per heavy atom. The first-order valence-corrected chi connectivity index (χ1v) is 7.94. The third-order valence-corrected chi connectivity index (χ3v) is 4.47. The summed E-state index contributed by atoms with van der Waals surface area (Å²) in [4.78, 5) is 16.5. The summed E-state index contributed by atoms with van der Waals surface area (Å²) in [5.41, 5.74) is 3.17. The van der Waals surface area contributed by atoms with Crippen molar-refractivity contribution in [1.82, 2.24) is 10.3 Å². The van der Waals surface area contributed by atoms with E-state index in [-0.39, 0.29) is 12.1 Å². The van der Waals surface area contributed by atoms with Crippen LogP contribution in [0.4, 0.5) is 9.93 Å². The lowest BCUT2D eigenvalue weighted by Gasteiger charge is -2.16. The molecule has 1 atom stereocenters. The molecule has 0 saturated carbocycles. The van der Waals surface area contributed by atoms with Crippen molar-refractivity contribution >= 4 is 32.7 Å². The van der Waals surface area contributed by atoms with Gasteiger partial charge in [0.05, 0.1) is 16.3 Å². The molecule has 2 N–H and O–H groups in total. The highest BCUT2D eigenvalue weighted by atomic mass is 32.1. The van der Waals surface area contributed by atoms with Crippen LogP contribution in [0, 0.1) is 6.92 Å². The van der Waals surface area contributed by atoms with Crippen molar-refractivity contribution in [3.8, 4) is 0 Å². The molecule has 3 rings (SSSR count). The topological polar surface area (TPSA) is 54.0 Å². The molecule has 1 heterocycles. The molecule has 0 spiro atoms. The van der Waals surface area contributed by atoms with Gasteiger partial charge in [0, 0.05) is 0 Å². The summed E-state index contributed by atoms with van der Waals surface area (Å²) in [5, 5.41) is 6.36. The first-order valence-electron chi connectivity index (χ1n) is 7.12. The van der Waals surface area contributed by atoms with Gasteiger partial charge in [-0.25, -0.2) is 9.78 Å². The summed E-state index contributed by atoms with van der Waals surface area (Å²) >= 11 is 1.47. The van der Waals surface area contributed by atoms with Gasteiger partial charge in [0.25, 0.3) is 0 Å². The number of aryl methyl sites for hydroxylation is 1. The number of para-hydroxylation sites is 1. The van der Waals surface area contributed by atoms with E-state index in [1.54, 1.807) is 0 Å². The van der Waals surface area contributed by atoms with Gasteiger partial charge in [0.2, 0.25) is 0 Å². The van der Waals surface area contributed by atoms with Crippen LogP contribution in [0.15, 0.2) is 48.5 Å². The molecular formula is C17H17N3OS. The fourth-order valence-electron chi connectivity index (χ4n) is 2.41. The van der Waals surface area contributed by atoms with Crippen LogP contribution in [0.1, 0.15) is 24.1 Å². The maximum atomic E-state index is 12.1. The summed E-state index contributed by atoms with van der Waals surface area (Å²) < 4.78 is 1.06. The summed E-state index contributed by atoms with van der Waals surface area (Å²) in [6, 6.07) is 15.6. The lowest BCUT2D eigenvalue weighted by Crippen LogP contribution is -2.31. The van der Waals surface area contributed by atoms with Gasteiger partial charge in [0.1, 0.15) is 0 Å². The predicted molar refractivity (Wildman–Crippen MR) is 91.4 cm³/mol. The number of nitrogens with one attached hydrogen (secondary N) is 2.